The van der Waals surface area contributed by atoms with Gasteiger partial charge in [0.1, 0.15) is 30.5 Å². The molecule has 3 N–H and O–H groups in total. The van der Waals surface area contributed by atoms with Crippen LogP contribution in [0.1, 0.15) is 120 Å². The Morgan fingerprint density at radius 2 is 0.855 bits per heavy atom. The van der Waals surface area contributed by atoms with Gasteiger partial charge in [0.25, 0.3) is 0 Å². The van der Waals surface area contributed by atoms with Crippen LogP contribution in [0.25, 0.3) is 0 Å². The van der Waals surface area contributed by atoms with Gasteiger partial charge in [-0.1, -0.05) is 64.7 Å². The summed E-state index contributed by atoms with van der Waals surface area (Å²) < 4.78 is 58.2. The molecular formula is C38H64O17. The fourth-order valence-corrected chi connectivity index (χ4v) is 7.12. The molecule has 17 heteroatoms. The van der Waals surface area contributed by atoms with Crippen molar-refractivity contribution in [1.29, 1.82) is 0 Å². The SMILES string of the molecule is CCCCCCCCCCCCO[C@@H]1O[C@@H](C)[C@H](OC(C)=O)[C@@H](O[C@@H]2O[C@@H](C)[C@H](OC(C)=O)[C@@H](O[C@@H]3O[C@@H](C)[C@H](OC(C)=O)[C@@H](O)[C@H]3O)[C@H]2OC(C)=O)[C@H]1O. The van der Waals surface area contributed by atoms with E-state index in [1.807, 2.05) is 0 Å². The molecule has 318 valence electrons. The van der Waals surface area contributed by atoms with E-state index in [1.165, 1.54) is 59.3 Å². The highest BCUT2D eigenvalue weighted by Crippen LogP contribution is 2.36. The molecule has 0 aliphatic carbocycles. The minimum Gasteiger partial charge on any atom is -0.457 e. The van der Waals surface area contributed by atoms with Gasteiger partial charge < -0.3 is 62.7 Å². The van der Waals surface area contributed by atoms with Gasteiger partial charge in [-0.05, 0) is 27.2 Å². The summed E-state index contributed by atoms with van der Waals surface area (Å²) in [4.78, 5) is 48.7. The lowest BCUT2D eigenvalue weighted by molar-refractivity contribution is -0.376. The zero-order valence-electron chi connectivity index (χ0n) is 33.5. The molecule has 17 nitrogen and oxygen atoms in total. The maximum atomic E-state index is 12.5. The maximum absolute atomic E-state index is 12.5. The Morgan fingerprint density at radius 3 is 1.38 bits per heavy atom. The van der Waals surface area contributed by atoms with Gasteiger partial charge in [0.15, 0.2) is 43.3 Å². The Hall–Kier alpha value is -2.48. The topological polar surface area (TPSA) is 221 Å². The zero-order valence-corrected chi connectivity index (χ0v) is 33.5. The van der Waals surface area contributed by atoms with Crippen molar-refractivity contribution in [3.63, 3.8) is 0 Å². The molecule has 0 amide bonds. The number of hydrogen-bond acceptors (Lipinski definition) is 17. The number of esters is 4. The average molecular weight is 793 g/mol. The van der Waals surface area contributed by atoms with Crippen molar-refractivity contribution in [2.24, 2.45) is 0 Å². The molecule has 0 spiro atoms. The molecule has 0 aromatic carbocycles. The van der Waals surface area contributed by atoms with Gasteiger partial charge in [0, 0.05) is 34.3 Å². The van der Waals surface area contributed by atoms with Crippen molar-refractivity contribution in [3.8, 4) is 0 Å². The molecule has 0 bridgehead atoms. The van der Waals surface area contributed by atoms with Crippen molar-refractivity contribution in [2.45, 2.75) is 212 Å². The lowest BCUT2D eigenvalue weighted by Gasteiger charge is -2.49. The molecule has 15 atom stereocenters. The van der Waals surface area contributed by atoms with E-state index in [4.69, 9.17) is 47.4 Å². The third kappa shape index (κ3) is 14.1. The van der Waals surface area contributed by atoms with Crippen LogP contribution in [0.15, 0.2) is 0 Å². The summed E-state index contributed by atoms with van der Waals surface area (Å²) in [6.45, 7) is 11.7. The highest BCUT2D eigenvalue weighted by atomic mass is 16.8. The van der Waals surface area contributed by atoms with E-state index in [-0.39, 0.29) is 6.61 Å². The number of rotatable bonds is 20. The minimum atomic E-state index is -1.78. The first kappa shape index (κ1) is 46.9. The average Bonchev–Trinajstić information content (AvgIpc) is 3.10. The molecule has 3 heterocycles. The second kappa shape index (κ2) is 23.1. The number of ether oxygens (including phenoxy) is 10. The second-order valence-electron chi connectivity index (χ2n) is 14.7. The first-order valence-electron chi connectivity index (χ1n) is 19.7. The molecule has 3 rings (SSSR count). The van der Waals surface area contributed by atoms with Crippen molar-refractivity contribution in [3.05, 3.63) is 0 Å². The zero-order chi connectivity index (χ0) is 40.8. The normalized spacial score (nSPS) is 36.5. The Labute approximate surface area is 323 Å². The number of carbonyl (C=O) groups is 4. The molecule has 3 fully saturated rings. The van der Waals surface area contributed by atoms with Crippen LogP contribution in [0.5, 0.6) is 0 Å². The van der Waals surface area contributed by atoms with Crippen LogP contribution in [-0.2, 0) is 66.5 Å². The molecule has 0 radical (unpaired) electrons. The molecule has 55 heavy (non-hydrogen) atoms. The summed E-state index contributed by atoms with van der Waals surface area (Å²) in [6, 6.07) is 0. The van der Waals surface area contributed by atoms with Crippen molar-refractivity contribution in [2.75, 3.05) is 6.61 Å². The number of aliphatic hydroxyl groups excluding tert-OH is 3. The summed E-state index contributed by atoms with van der Waals surface area (Å²) in [5.74, 6) is -2.96. The van der Waals surface area contributed by atoms with Gasteiger partial charge in [-0.2, -0.15) is 0 Å². The Morgan fingerprint density at radius 1 is 0.455 bits per heavy atom. The van der Waals surface area contributed by atoms with E-state index in [0.29, 0.717) is 0 Å². The Kier molecular flexibility index (Phi) is 19.7. The van der Waals surface area contributed by atoms with Gasteiger partial charge in [-0.15, -0.1) is 0 Å². The number of unbranched alkanes of at least 4 members (excludes halogenated alkanes) is 9. The number of hydrogen-bond donors (Lipinski definition) is 3. The minimum absolute atomic E-state index is 0.287. The summed E-state index contributed by atoms with van der Waals surface area (Å²) >= 11 is 0. The standard InChI is InChI=1S/C38H64O17/c1-9-10-11-12-13-14-15-16-17-18-19-46-36-29(45)33(31(21(3)47-36)51-24(6)40)54-38-35(53-26(8)42)34(32(22(4)49-38)52-25(7)41)55-37-28(44)27(43)30(20(2)48-37)50-23(5)39/h20-22,27-38,43-45H,9-19H2,1-8H3/t20-,21-,22-,27-,28+,29+,30-,31-,32-,33-,34+,35+,36+,37-,38-/m0/s1. The molecule has 0 aromatic heterocycles. The Balaban J connectivity index is 1.80. The second-order valence-corrected chi connectivity index (χ2v) is 14.7. The van der Waals surface area contributed by atoms with Crippen molar-refractivity contribution >= 4 is 23.9 Å². The third-order valence-electron chi connectivity index (χ3n) is 9.83. The van der Waals surface area contributed by atoms with E-state index < -0.39 is 116 Å². The van der Waals surface area contributed by atoms with Crippen LogP contribution in [0.2, 0.25) is 0 Å². The van der Waals surface area contributed by atoms with Gasteiger partial charge in [0.05, 0.1) is 18.3 Å². The van der Waals surface area contributed by atoms with E-state index >= 15 is 0 Å². The quantitative estimate of drug-likeness (QED) is 0.0916. The first-order chi connectivity index (χ1) is 26.0. The van der Waals surface area contributed by atoms with Gasteiger partial charge in [-0.3, -0.25) is 19.2 Å². The lowest BCUT2D eigenvalue weighted by atomic mass is 9.96. The van der Waals surface area contributed by atoms with Gasteiger partial charge >= 0.3 is 23.9 Å². The summed E-state index contributed by atoms with van der Waals surface area (Å²) in [6.07, 6.45) is -8.88. The maximum Gasteiger partial charge on any atom is 0.303 e. The van der Waals surface area contributed by atoms with E-state index in [1.54, 1.807) is 6.92 Å². The lowest BCUT2D eigenvalue weighted by Crippen LogP contribution is -2.67. The highest BCUT2D eigenvalue weighted by Gasteiger charge is 2.56. The van der Waals surface area contributed by atoms with Crippen LogP contribution >= 0.6 is 0 Å². The summed E-state index contributed by atoms with van der Waals surface area (Å²) in [7, 11) is 0. The summed E-state index contributed by atoms with van der Waals surface area (Å²) in [5.41, 5.74) is 0. The van der Waals surface area contributed by atoms with Gasteiger partial charge in [0.2, 0.25) is 0 Å². The molecule has 3 saturated heterocycles. The molecule has 0 aromatic rings. The van der Waals surface area contributed by atoms with Crippen LogP contribution < -0.4 is 0 Å². The molecule has 3 aliphatic heterocycles. The van der Waals surface area contributed by atoms with Crippen LogP contribution in [-0.4, -0.2) is 138 Å². The van der Waals surface area contributed by atoms with E-state index in [0.717, 1.165) is 46.5 Å². The first-order valence-corrected chi connectivity index (χ1v) is 19.7. The number of carbonyl (C=O) groups excluding carboxylic acids is 4. The smallest absolute Gasteiger partial charge is 0.303 e. The van der Waals surface area contributed by atoms with E-state index in [2.05, 4.69) is 6.92 Å². The summed E-state index contributed by atoms with van der Waals surface area (Å²) in [5, 5.41) is 33.4. The van der Waals surface area contributed by atoms with Crippen LogP contribution in [0.3, 0.4) is 0 Å². The fourth-order valence-electron chi connectivity index (χ4n) is 7.12. The number of aliphatic hydroxyl groups is 3. The van der Waals surface area contributed by atoms with Crippen LogP contribution in [0, 0.1) is 0 Å². The van der Waals surface area contributed by atoms with Gasteiger partial charge in [-0.25, -0.2) is 0 Å². The Bertz CT molecular complexity index is 1200. The molecule has 0 saturated carbocycles. The molecular weight excluding hydrogens is 728 g/mol. The van der Waals surface area contributed by atoms with E-state index in [9.17, 15) is 34.5 Å². The highest BCUT2D eigenvalue weighted by molar-refractivity contribution is 5.67. The largest absolute Gasteiger partial charge is 0.457 e. The third-order valence-corrected chi connectivity index (χ3v) is 9.83. The fraction of sp³-hybridized carbons (Fsp3) is 0.895. The van der Waals surface area contributed by atoms with Crippen molar-refractivity contribution < 1.29 is 81.9 Å². The molecule has 3 aliphatic rings. The molecule has 0 unspecified atom stereocenters. The van der Waals surface area contributed by atoms with Crippen LogP contribution in [0.4, 0.5) is 0 Å². The monoisotopic (exact) mass is 792 g/mol. The predicted molar refractivity (Wildman–Crippen MR) is 191 cm³/mol. The van der Waals surface area contributed by atoms with Crippen molar-refractivity contribution in [1.82, 2.24) is 0 Å². The predicted octanol–water partition coefficient (Wildman–Crippen LogP) is 2.74.